The third-order valence-corrected chi connectivity index (χ3v) is 5.08. The van der Waals surface area contributed by atoms with E-state index in [1.807, 2.05) is 24.3 Å². The number of halogens is 1. The van der Waals surface area contributed by atoms with Crippen LogP contribution in [-0.2, 0) is 20.8 Å². The van der Waals surface area contributed by atoms with Crippen molar-refractivity contribution in [3.05, 3.63) is 34.3 Å². The van der Waals surface area contributed by atoms with Crippen LogP contribution in [0.25, 0.3) is 0 Å². The maximum atomic E-state index is 12.9. The largest absolute Gasteiger partial charge is 0.379 e. The summed E-state index contributed by atoms with van der Waals surface area (Å²) in [5, 5.41) is 25.0. The molecule has 0 saturated carbocycles. The fourth-order valence-corrected chi connectivity index (χ4v) is 3.19. The molecule has 0 aliphatic heterocycles. The zero-order chi connectivity index (χ0) is 21.5. The maximum absolute atomic E-state index is 12.9. The van der Waals surface area contributed by atoms with Crippen LogP contribution in [0.5, 0.6) is 0 Å². The molecule has 0 aliphatic rings. The summed E-state index contributed by atoms with van der Waals surface area (Å²) in [4.78, 5) is 37.1. The Labute approximate surface area is 173 Å². The number of rotatable bonds is 9. The summed E-state index contributed by atoms with van der Waals surface area (Å²) < 4.78 is 0.881. The second-order valence-corrected chi connectivity index (χ2v) is 8.11. The van der Waals surface area contributed by atoms with Crippen molar-refractivity contribution in [3.8, 4) is 0 Å². The molecule has 0 aromatic heterocycles. The standard InChI is InChI=1S/C19H28BrN3O5/c1-11(2)10-19(27,12(3)16(24)23-28)18(26)22-15(17(25)21-4)9-13-5-7-14(20)8-6-13/h5-8,11-12,15,27-28H,9-10H2,1-4H3,(H,21,25)(H,22,26)(H,23,24). The first kappa shape index (κ1) is 24.1. The van der Waals surface area contributed by atoms with Crippen molar-refractivity contribution in [3.63, 3.8) is 0 Å². The molecule has 0 saturated heterocycles. The molecule has 156 valence electrons. The first-order chi connectivity index (χ1) is 13.0. The number of hydroxylamine groups is 1. The first-order valence-electron chi connectivity index (χ1n) is 8.98. The number of benzene rings is 1. The summed E-state index contributed by atoms with van der Waals surface area (Å²) in [7, 11) is 1.45. The molecular weight excluding hydrogens is 430 g/mol. The van der Waals surface area contributed by atoms with E-state index in [-0.39, 0.29) is 18.8 Å². The number of hydrogen-bond acceptors (Lipinski definition) is 5. The fraction of sp³-hybridized carbons (Fsp3) is 0.526. The molecule has 8 nitrogen and oxygen atoms in total. The zero-order valence-corrected chi connectivity index (χ0v) is 18.0. The van der Waals surface area contributed by atoms with Crippen molar-refractivity contribution in [2.45, 2.75) is 45.3 Å². The Morgan fingerprint density at radius 3 is 2.14 bits per heavy atom. The van der Waals surface area contributed by atoms with E-state index in [1.54, 1.807) is 13.8 Å². The predicted molar refractivity (Wildman–Crippen MR) is 107 cm³/mol. The molecule has 3 atom stereocenters. The molecule has 3 unspecified atom stereocenters. The SMILES string of the molecule is CNC(=O)C(Cc1ccc(Br)cc1)NC(=O)C(O)(CC(C)C)C(C)C(=O)NO. The van der Waals surface area contributed by atoms with Crippen LogP contribution in [-0.4, -0.2) is 46.7 Å². The van der Waals surface area contributed by atoms with Crippen molar-refractivity contribution < 1.29 is 24.7 Å². The molecule has 3 amide bonds. The quantitative estimate of drug-likeness (QED) is 0.280. The molecule has 28 heavy (non-hydrogen) atoms. The molecule has 1 aromatic rings. The number of likely N-dealkylation sites (N-methyl/N-ethyl adjacent to an activating group) is 1. The Balaban J connectivity index is 3.11. The van der Waals surface area contributed by atoms with E-state index in [1.165, 1.54) is 19.5 Å². The zero-order valence-electron chi connectivity index (χ0n) is 16.5. The highest BCUT2D eigenvalue weighted by Gasteiger charge is 2.46. The van der Waals surface area contributed by atoms with Gasteiger partial charge in [0.15, 0.2) is 5.60 Å². The van der Waals surface area contributed by atoms with Gasteiger partial charge in [-0.3, -0.25) is 19.6 Å². The molecular formula is C19H28BrN3O5. The smallest absolute Gasteiger partial charge is 0.253 e. The highest BCUT2D eigenvalue weighted by atomic mass is 79.9. The Hall–Kier alpha value is -1.97. The Morgan fingerprint density at radius 2 is 1.68 bits per heavy atom. The van der Waals surface area contributed by atoms with Crippen LogP contribution in [0.3, 0.4) is 0 Å². The number of amides is 3. The number of hydrogen-bond donors (Lipinski definition) is 5. The monoisotopic (exact) mass is 457 g/mol. The lowest BCUT2D eigenvalue weighted by Gasteiger charge is -2.34. The third-order valence-electron chi connectivity index (χ3n) is 4.55. The molecule has 1 rings (SSSR count). The van der Waals surface area contributed by atoms with Crippen LogP contribution in [0.2, 0.25) is 0 Å². The Kier molecular flexibility index (Phi) is 9.06. The van der Waals surface area contributed by atoms with Gasteiger partial charge in [-0.25, -0.2) is 5.48 Å². The summed E-state index contributed by atoms with van der Waals surface area (Å²) in [6.07, 6.45) is 0.184. The van der Waals surface area contributed by atoms with Gasteiger partial charge in [0.2, 0.25) is 11.8 Å². The summed E-state index contributed by atoms with van der Waals surface area (Å²) in [6, 6.07) is 6.33. The lowest BCUT2D eigenvalue weighted by atomic mass is 9.80. The van der Waals surface area contributed by atoms with Crippen molar-refractivity contribution in [2.75, 3.05) is 7.05 Å². The molecule has 5 N–H and O–H groups in total. The molecule has 0 bridgehead atoms. The summed E-state index contributed by atoms with van der Waals surface area (Å²) in [5.74, 6) is -3.50. The maximum Gasteiger partial charge on any atom is 0.253 e. The van der Waals surface area contributed by atoms with Crippen LogP contribution >= 0.6 is 15.9 Å². The molecule has 1 aromatic carbocycles. The Morgan fingerprint density at radius 1 is 1.11 bits per heavy atom. The van der Waals surface area contributed by atoms with Crippen molar-refractivity contribution in [2.24, 2.45) is 11.8 Å². The van der Waals surface area contributed by atoms with Gasteiger partial charge < -0.3 is 15.7 Å². The van der Waals surface area contributed by atoms with Gasteiger partial charge >= 0.3 is 0 Å². The van der Waals surface area contributed by atoms with Gasteiger partial charge in [0.05, 0.1) is 5.92 Å². The molecule has 0 radical (unpaired) electrons. The van der Waals surface area contributed by atoms with Gasteiger partial charge in [-0.15, -0.1) is 0 Å². The minimum absolute atomic E-state index is 0.0217. The average molecular weight is 458 g/mol. The average Bonchev–Trinajstić information content (AvgIpc) is 2.66. The van der Waals surface area contributed by atoms with E-state index in [9.17, 15) is 19.5 Å². The van der Waals surface area contributed by atoms with Crippen LogP contribution < -0.4 is 16.1 Å². The summed E-state index contributed by atoms with van der Waals surface area (Å²) >= 11 is 3.34. The number of carbonyl (C=O) groups excluding carboxylic acids is 3. The van der Waals surface area contributed by atoms with E-state index >= 15 is 0 Å². The second kappa shape index (κ2) is 10.5. The van der Waals surface area contributed by atoms with Crippen molar-refractivity contribution in [1.29, 1.82) is 0 Å². The fourth-order valence-electron chi connectivity index (χ4n) is 2.93. The second-order valence-electron chi connectivity index (χ2n) is 7.19. The van der Waals surface area contributed by atoms with Gasteiger partial charge in [0.1, 0.15) is 6.04 Å². The van der Waals surface area contributed by atoms with Crippen LogP contribution in [0.4, 0.5) is 0 Å². The van der Waals surface area contributed by atoms with Gasteiger partial charge in [-0.1, -0.05) is 48.8 Å². The lowest BCUT2D eigenvalue weighted by molar-refractivity contribution is -0.159. The van der Waals surface area contributed by atoms with E-state index in [0.29, 0.717) is 0 Å². The van der Waals surface area contributed by atoms with Gasteiger partial charge in [0.25, 0.3) is 5.91 Å². The van der Waals surface area contributed by atoms with Crippen LogP contribution in [0, 0.1) is 11.8 Å². The predicted octanol–water partition coefficient (Wildman–Crippen LogP) is 1.14. The van der Waals surface area contributed by atoms with Crippen LogP contribution in [0.15, 0.2) is 28.7 Å². The first-order valence-corrected chi connectivity index (χ1v) is 9.77. The van der Waals surface area contributed by atoms with E-state index in [4.69, 9.17) is 5.21 Å². The normalized spacial score (nSPS) is 15.3. The van der Waals surface area contributed by atoms with E-state index in [0.717, 1.165) is 10.0 Å². The van der Waals surface area contributed by atoms with Gasteiger partial charge in [-0.2, -0.15) is 0 Å². The highest BCUT2D eigenvalue weighted by molar-refractivity contribution is 9.10. The topological polar surface area (TPSA) is 128 Å². The Bertz CT molecular complexity index is 695. The van der Waals surface area contributed by atoms with Gasteiger partial charge in [0, 0.05) is 17.9 Å². The minimum Gasteiger partial charge on any atom is -0.379 e. The van der Waals surface area contributed by atoms with Crippen molar-refractivity contribution >= 4 is 33.7 Å². The third kappa shape index (κ3) is 6.29. The lowest BCUT2D eigenvalue weighted by Crippen LogP contribution is -2.60. The van der Waals surface area contributed by atoms with E-state index in [2.05, 4.69) is 26.6 Å². The minimum atomic E-state index is -2.09. The van der Waals surface area contributed by atoms with Crippen LogP contribution in [0.1, 0.15) is 32.8 Å². The van der Waals surface area contributed by atoms with Gasteiger partial charge in [-0.05, 0) is 30.0 Å². The molecule has 0 spiro atoms. The molecule has 0 heterocycles. The highest BCUT2D eigenvalue weighted by Crippen LogP contribution is 2.27. The molecule has 0 fully saturated rings. The molecule has 0 aliphatic carbocycles. The molecule has 9 heteroatoms. The number of nitrogens with one attached hydrogen (secondary N) is 3. The number of carbonyl (C=O) groups is 3. The van der Waals surface area contributed by atoms with Crippen molar-refractivity contribution in [1.82, 2.24) is 16.1 Å². The van der Waals surface area contributed by atoms with E-state index < -0.39 is 35.3 Å². The number of aliphatic hydroxyl groups is 1. The summed E-state index contributed by atoms with van der Waals surface area (Å²) in [6.45, 7) is 4.93. The summed E-state index contributed by atoms with van der Waals surface area (Å²) in [5.41, 5.74) is 0.189.